The lowest BCUT2D eigenvalue weighted by Crippen LogP contribution is -2.53. The van der Waals surface area contributed by atoms with Crippen LogP contribution >= 0.6 is 0 Å². The zero-order valence-corrected chi connectivity index (χ0v) is 24.2. The number of hydrogen-bond acceptors (Lipinski definition) is 3. The van der Waals surface area contributed by atoms with Crippen molar-refractivity contribution >= 4 is 17.5 Å². The molecule has 5 nitrogen and oxygen atoms in total. The summed E-state index contributed by atoms with van der Waals surface area (Å²) in [4.78, 5) is 31.5. The van der Waals surface area contributed by atoms with E-state index in [1.54, 1.807) is 0 Å². The first kappa shape index (κ1) is 28.4. The van der Waals surface area contributed by atoms with E-state index in [-0.39, 0.29) is 35.2 Å². The fourth-order valence-corrected chi connectivity index (χ4v) is 6.54. The standard InChI is InChI=1S/C31H49N3O2/c1-10-17-30(7,8)20-24-15-16-25-27(23(24)6)32-29(36)31(25,21(3)4)19-22(5)33(9)28(35)26-14-12-13-18-34(26)11-2/h10,15-17,21-22,26H,11-14,18-20H2,1-9H3,(H,32,36)/b17-10-. The van der Waals surface area contributed by atoms with E-state index in [0.717, 1.165) is 50.0 Å². The van der Waals surface area contributed by atoms with Crippen molar-refractivity contribution in [2.45, 2.75) is 105 Å². The van der Waals surface area contributed by atoms with Gasteiger partial charge >= 0.3 is 0 Å². The molecule has 1 fully saturated rings. The molecule has 0 spiro atoms. The van der Waals surface area contributed by atoms with E-state index in [9.17, 15) is 9.59 Å². The van der Waals surface area contributed by atoms with Gasteiger partial charge in [0.25, 0.3) is 0 Å². The van der Waals surface area contributed by atoms with E-state index in [4.69, 9.17) is 0 Å². The Morgan fingerprint density at radius 1 is 1.28 bits per heavy atom. The summed E-state index contributed by atoms with van der Waals surface area (Å²) < 4.78 is 0. The van der Waals surface area contributed by atoms with Crippen LogP contribution in [0.5, 0.6) is 0 Å². The molecule has 2 amide bonds. The minimum Gasteiger partial charge on any atom is -0.342 e. The normalized spacial score (nSPS) is 23.7. The summed E-state index contributed by atoms with van der Waals surface area (Å²) in [5.74, 6) is 0.372. The topological polar surface area (TPSA) is 52.7 Å². The van der Waals surface area contributed by atoms with Crippen LogP contribution < -0.4 is 5.32 Å². The number of likely N-dealkylation sites (tertiary alicyclic amines) is 1. The van der Waals surface area contributed by atoms with Crippen molar-refractivity contribution in [3.8, 4) is 0 Å². The van der Waals surface area contributed by atoms with Gasteiger partial charge in [-0.1, -0.05) is 65.3 Å². The minimum absolute atomic E-state index is 0.0405. The molecule has 2 aliphatic rings. The Kier molecular flexibility index (Phi) is 8.75. The number of nitrogens with zero attached hydrogens (tertiary/aromatic N) is 2. The molecule has 0 aliphatic carbocycles. The lowest BCUT2D eigenvalue weighted by Gasteiger charge is -2.40. The minimum atomic E-state index is -0.650. The summed E-state index contributed by atoms with van der Waals surface area (Å²) in [6, 6.07) is 4.31. The summed E-state index contributed by atoms with van der Waals surface area (Å²) in [6.07, 6.45) is 9.09. The van der Waals surface area contributed by atoms with Gasteiger partial charge in [-0.2, -0.15) is 0 Å². The molecule has 0 radical (unpaired) electrons. The molecule has 1 N–H and O–H groups in total. The Balaban J connectivity index is 1.91. The lowest BCUT2D eigenvalue weighted by atomic mass is 9.68. The maximum Gasteiger partial charge on any atom is 0.239 e. The highest BCUT2D eigenvalue weighted by molar-refractivity contribution is 6.07. The molecular weight excluding hydrogens is 446 g/mol. The van der Waals surface area contributed by atoms with E-state index >= 15 is 0 Å². The van der Waals surface area contributed by atoms with E-state index in [1.807, 2.05) is 11.9 Å². The molecule has 3 unspecified atom stereocenters. The van der Waals surface area contributed by atoms with Gasteiger partial charge in [0.05, 0.1) is 11.5 Å². The van der Waals surface area contributed by atoms with Crippen LogP contribution in [0.2, 0.25) is 0 Å². The molecule has 3 rings (SSSR count). The van der Waals surface area contributed by atoms with Crippen LogP contribution in [0, 0.1) is 18.3 Å². The monoisotopic (exact) mass is 495 g/mol. The second-order valence-electron chi connectivity index (χ2n) is 12.2. The summed E-state index contributed by atoms with van der Waals surface area (Å²) >= 11 is 0. The molecule has 0 saturated carbocycles. The number of amides is 2. The van der Waals surface area contributed by atoms with Crippen LogP contribution in [0.4, 0.5) is 5.69 Å². The molecule has 2 aliphatic heterocycles. The van der Waals surface area contributed by atoms with E-state index in [2.05, 4.69) is 89.9 Å². The SMILES string of the molecule is C/C=C\C(C)(C)Cc1ccc2c(c1C)NC(=O)C2(CC(C)N(C)C(=O)C1CCCCN1CC)C(C)C. The first-order valence-corrected chi connectivity index (χ1v) is 14.0. The van der Waals surface area contributed by atoms with E-state index < -0.39 is 5.41 Å². The molecule has 36 heavy (non-hydrogen) atoms. The fraction of sp³-hybridized carbons (Fsp3) is 0.677. The molecule has 0 aromatic heterocycles. The summed E-state index contributed by atoms with van der Waals surface area (Å²) in [5.41, 5.74) is 3.91. The van der Waals surface area contributed by atoms with Crippen LogP contribution in [-0.4, -0.2) is 53.8 Å². The summed E-state index contributed by atoms with van der Waals surface area (Å²) in [6.45, 7) is 19.1. The van der Waals surface area contributed by atoms with Crippen LogP contribution in [0.25, 0.3) is 0 Å². The number of hydrogen-bond donors (Lipinski definition) is 1. The maximum atomic E-state index is 13.7. The molecule has 3 atom stereocenters. The van der Waals surface area contributed by atoms with Gasteiger partial charge in [-0.3, -0.25) is 14.5 Å². The fourth-order valence-electron chi connectivity index (χ4n) is 6.54. The predicted molar refractivity (Wildman–Crippen MR) is 150 cm³/mol. The van der Waals surface area contributed by atoms with Crippen molar-refractivity contribution < 1.29 is 9.59 Å². The number of nitrogens with one attached hydrogen (secondary N) is 1. The van der Waals surface area contributed by atoms with E-state index in [0.29, 0.717) is 6.42 Å². The van der Waals surface area contributed by atoms with Gasteiger partial charge in [0.1, 0.15) is 0 Å². The number of carbonyl (C=O) groups is 2. The Morgan fingerprint density at radius 2 is 1.97 bits per heavy atom. The highest BCUT2D eigenvalue weighted by atomic mass is 16.2. The molecule has 1 aromatic rings. The quantitative estimate of drug-likeness (QED) is 0.421. The number of anilines is 1. The Morgan fingerprint density at radius 3 is 2.58 bits per heavy atom. The van der Waals surface area contributed by atoms with Crippen LogP contribution in [0.15, 0.2) is 24.3 Å². The maximum absolute atomic E-state index is 13.7. The second-order valence-corrected chi connectivity index (χ2v) is 12.2. The molecule has 0 bridgehead atoms. The van der Waals surface area contributed by atoms with Gasteiger partial charge in [-0.15, -0.1) is 0 Å². The highest BCUT2D eigenvalue weighted by Crippen LogP contribution is 2.49. The van der Waals surface area contributed by atoms with Crippen LogP contribution in [0.1, 0.15) is 90.8 Å². The van der Waals surface area contributed by atoms with Crippen molar-refractivity contribution in [1.29, 1.82) is 0 Å². The van der Waals surface area contributed by atoms with Crippen molar-refractivity contribution in [3.63, 3.8) is 0 Å². The Hall–Kier alpha value is -2.14. The van der Waals surface area contributed by atoms with Crippen LogP contribution in [-0.2, 0) is 21.4 Å². The van der Waals surface area contributed by atoms with Crippen molar-refractivity contribution in [1.82, 2.24) is 9.80 Å². The van der Waals surface area contributed by atoms with E-state index in [1.165, 1.54) is 11.1 Å². The van der Waals surface area contributed by atoms with Gasteiger partial charge in [0, 0.05) is 18.8 Å². The number of carbonyl (C=O) groups excluding carboxylic acids is 2. The molecule has 1 saturated heterocycles. The first-order valence-electron chi connectivity index (χ1n) is 14.0. The van der Waals surface area contributed by atoms with Gasteiger partial charge < -0.3 is 10.2 Å². The molecule has 1 aromatic carbocycles. The van der Waals surface area contributed by atoms with Crippen LogP contribution in [0.3, 0.4) is 0 Å². The number of fused-ring (bicyclic) bond motifs is 1. The van der Waals surface area contributed by atoms with Gasteiger partial charge in [0.2, 0.25) is 11.8 Å². The highest BCUT2D eigenvalue weighted by Gasteiger charge is 2.51. The van der Waals surface area contributed by atoms with Crippen molar-refractivity contribution in [3.05, 3.63) is 41.0 Å². The lowest BCUT2D eigenvalue weighted by molar-refractivity contribution is -0.140. The number of likely N-dealkylation sites (N-methyl/N-ethyl adjacent to an activating group) is 2. The average Bonchev–Trinajstić information content (AvgIpc) is 3.12. The summed E-state index contributed by atoms with van der Waals surface area (Å²) in [5, 5.41) is 3.28. The molecule has 2 heterocycles. The van der Waals surface area contributed by atoms with Gasteiger partial charge in [0.15, 0.2) is 0 Å². The predicted octanol–water partition coefficient (Wildman–Crippen LogP) is 6.10. The molecular formula is C31H49N3O2. The van der Waals surface area contributed by atoms with Crippen molar-refractivity contribution in [2.75, 3.05) is 25.5 Å². The smallest absolute Gasteiger partial charge is 0.239 e. The summed E-state index contributed by atoms with van der Waals surface area (Å²) in [7, 11) is 1.93. The van der Waals surface area contributed by atoms with Crippen molar-refractivity contribution in [2.24, 2.45) is 11.3 Å². The van der Waals surface area contributed by atoms with Gasteiger partial charge in [-0.25, -0.2) is 0 Å². The average molecular weight is 496 g/mol. The third kappa shape index (κ3) is 5.27. The second kappa shape index (κ2) is 11.1. The molecule has 5 heteroatoms. The number of piperidine rings is 1. The zero-order chi connectivity index (χ0) is 26.8. The first-order chi connectivity index (χ1) is 16.9. The number of rotatable bonds is 9. The number of allylic oxidation sites excluding steroid dienone is 2. The third-order valence-corrected chi connectivity index (χ3v) is 8.88. The number of benzene rings is 1. The Labute approximate surface area is 219 Å². The molecule has 200 valence electrons. The third-order valence-electron chi connectivity index (χ3n) is 8.88. The largest absolute Gasteiger partial charge is 0.342 e. The van der Waals surface area contributed by atoms with Gasteiger partial charge in [-0.05, 0) is 87.6 Å². The zero-order valence-electron chi connectivity index (χ0n) is 24.2. The Bertz CT molecular complexity index is 996.